The Bertz CT molecular complexity index is 459. The molecule has 1 heterocycles. The van der Waals surface area contributed by atoms with E-state index in [1.54, 1.807) is 18.5 Å². The number of aromatic amines is 1. The lowest BCUT2D eigenvalue weighted by Crippen LogP contribution is -1.99. The van der Waals surface area contributed by atoms with E-state index in [1.165, 1.54) is 0 Å². The van der Waals surface area contributed by atoms with Crippen molar-refractivity contribution in [3.05, 3.63) is 58.9 Å². The van der Waals surface area contributed by atoms with Gasteiger partial charge in [-0.25, -0.2) is 0 Å². The Kier molecular flexibility index (Phi) is 3.42. The Morgan fingerprint density at radius 3 is 2.56 bits per heavy atom. The summed E-state index contributed by atoms with van der Waals surface area (Å²) in [5, 5.41) is 0.723. The van der Waals surface area contributed by atoms with Crippen LogP contribution in [0.1, 0.15) is 22.3 Å². The summed E-state index contributed by atoms with van der Waals surface area (Å²) in [7, 11) is 0. The molecule has 0 bridgehead atoms. The molecule has 0 unspecified atom stereocenters. The van der Waals surface area contributed by atoms with Gasteiger partial charge in [-0.2, -0.15) is 0 Å². The zero-order chi connectivity index (χ0) is 11.4. The van der Waals surface area contributed by atoms with Gasteiger partial charge in [0.1, 0.15) is 0 Å². The number of benzene rings is 1. The number of hydrogen-bond donors (Lipinski definition) is 1. The van der Waals surface area contributed by atoms with Crippen LogP contribution in [0, 0.1) is 0 Å². The number of Topliss-reactive ketones (excluding diaryl/α,β-unsaturated/α-hetero) is 1. The number of rotatable bonds is 4. The molecule has 0 aliphatic rings. The van der Waals surface area contributed by atoms with Crippen LogP contribution in [-0.2, 0) is 6.42 Å². The smallest absolute Gasteiger partial charge is 0.164 e. The van der Waals surface area contributed by atoms with Crippen molar-refractivity contribution in [3.63, 3.8) is 0 Å². The van der Waals surface area contributed by atoms with E-state index in [1.807, 2.05) is 24.3 Å². The predicted molar refractivity (Wildman–Crippen MR) is 64.9 cm³/mol. The van der Waals surface area contributed by atoms with E-state index in [0.29, 0.717) is 6.42 Å². The first-order valence-electron chi connectivity index (χ1n) is 5.16. The van der Waals surface area contributed by atoms with Crippen LogP contribution in [0.25, 0.3) is 0 Å². The maximum Gasteiger partial charge on any atom is 0.164 e. The standard InChI is InChI=1S/C13H12ClNO/c14-12-4-1-10(2-5-12)3-6-13(16)11-7-8-15-9-11/h1-2,4-5,7-9,15H,3,6H2. The average molecular weight is 234 g/mol. The first-order chi connectivity index (χ1) is 7.75. The van der Waals surface area contributed by atoms with Crippen molar-refractivity contribution >= 4 is 17.4 Å². The predicted octanol–water partition coefficient (Wildman–Crippen LogP) is 3.48. The second-order valence-electron chi connectivity index (χ2n) is 3.65. The molecule has 0 radical (unpaired) electrons. The topological polar surface area (TPSA) is 32.9 Å². The lowest BCUT2D eigenvalue weighted by molar-refractivity contribution is 0.0983. The van der Waals surface area contributed by atoms with E-state index in [-0.39, 0.29) is 5.78 Å². The van der Waals surface area contributed by atoms with Gasteiger partial charge in [0.25, 0.3) is 0 Å². The van der Waals surface area contributed by atoms with Gasteiger partial charge in [-0.15, -0.1) is 0 Å². The molecular formula is C13H12ClNO. The first kappa shape index (κ1) is 11.0. The molecule has 2 aromatic rings. The highest BCUT2D eigenvalue weighted by atomic mass is 35.5. The Balaban J connectivity index is 1.93. The molecule has 0 aliphatic heterocycles. The van der Waals surface area contributed by atoms with E-state index >= 15 is 0 Å². The van der Waals surface area contributed by atoms with Gasteiger partial charge in [-0.3, -0.25) is 4.79 Å². The highest BCUT2D eigenvalue weighted by molar-refractivity contribution is 6.30. The fourth-order valence-corrected chi connectivity index (χ4v) is 1.68. The number of H-pyrrole nitrogens is 1. The number of aromatic nitrogens is 1. The van der Waals surface area contributed by atoms with E-state index in [0.717, 1.165) is 22.6 Å². The van der Waals surface area contributed by atoms with E-state index in [4.69, 9.17) is 11.6 Å². The summed E-state index contributed by atoms with van der Waals surface area (Å²) < 4.78 is 0. The van der Waals surface area contributed by atoms with Gasteiger partial charge in [0.05, 0.1) is 0 Å². The van der Waals surface area contributed by atoms with Crippen molar-refractivity contribution in [1.29, 1.82) is 0 Å². The molecule has 0 spiro atoms. The van der Waals surface area contributed by atoms with Gasteiger partial charge in [-0.1, -0.05) is 23.7 Å². The van der Waals surface area contributed by atoms with E-state index in [2.05, 4.69) is 4.98 Å². The number of hydrogen-bond acceptors (Lipinski definition) is 1. The van der Waals surface area contributed by atoms with Crippen LogP contribution in [0.4, 0.5) is 0 Å². The number of ketones is 1. The molecule has 0 fully saturated rings. The molecule has 0 aliphatic carbocycles. The molecule has 1 aromatic heterocycles. The fraction of sp³-hybridized carbons (Fsp3) is 0.154. The van der Waals surface area contributed by atoms with Crippen LogP contribution in [0.15, 0.2) is 42.7 Å². The third-order valence-corrected chi connectivity index (χ3v) is 2.73. The van der Waals surface area contributed by atoms with Crippen molar-refractivity contribution in [1.82, 2.24) is 4.98 Å². The van der Waals surface area contributed by atoms with Crippen LogP contribution < -0.4 is 0 Å². The monoisotopic (exact) mass is 233 g/mol. The summed E-state index contributed by atoms with van der Waals surface area (Å²) in [6.45, 7) is 0. The van der Waals surface area contributed by atoms with Crippen molar-refractivity contribution in [3.8, 4) is 0 Å². The number of carbonyl (C=O) groups is 1. The Morgan fingerprint density at radius 1 is 1.19 bits per heavy atom. The molecular weight excluding hydrogens is 222 g/mol. The average Bonchev–Trinajstić information content (AvgIpc) is 2.81. The van der Waals surface area contributed by atoms with Crippen molar-refractivity contribution < 1.29 is 4.79 Å². The highest BCUT2D eigenvalue weighted by Gasteiger charge is 2.05. The molecule has 3 heteroatoms. The van der Waals surface area contributed by atoms with Gasteiger partial charge in [0.2, 0.25) is 0 Å². The normalized spacial score (nSPS) is 10.3. The third kappa shape index (κ3) is 2.74. The molecule has 1 aromatic carbocycles. The van der Waals surface area contributed by atoms with Crippen LogP contribution in [0.2, 0.25) is 5.02 Å². The van der Waals surface area contributed by atoms with Crippen molar-refractivity contribution in [2.75, 3.05) is 0 Å². The molecule has 2 rings (SSSR count). The Hall–Kier alpha value is -1.54. The molecule has 82 valence electrons. The number of halogens is 1. The van der Waals surface area contributed by atoms with Crippen LogP contribution >= 0.6 is 11.6 Å². The largest absolute Gasteiger partial charge is 0.367 e. The second kappa shape index (κ2) is 4.99. The summed E-state index contributed by atoms with van der Waals surface area (Å²) in [5.74, 6) is 0.163. The lowest BCUT2D eigenvalue weighted by Gasteiger charge is -2.00. The highest BCUT2D eigenvalue weighted by Crippen LogP contribution is 2.12. The van der Waals surface area contributed by atoms with E-state index in [9.17, 15) is 4.79 Å². The molecule has 2 nitrogen and oxygen atoms in total. The fourth-order valence-electron chi connectivity index (χ4n) is 1.55. The minimum atomic E-state index is 0.163. The van der Waals surface area contributed by atoms with E-state index < -0.39 is 0 Å². The molecule has 0 saturated carbocycles. The molecule has 0 atom stereocenters. The van der Waals surface area contributed by atoms with Gasteiger partial charge in [-0.05, 0) is 30.2 Å². The SMILES string of the molecule is O=C(CCc1ccc(Cl)cc1)c1cc[nH]c1. The van der Waals surface area contributed by atoms with Crippen LogP contribution in [-0.4, -0.2) is 10.8 Å². The number of nitrogens with one attached hydrogen (secondary N) is 1. The maximum atomic E-state index is 11.7. The molecule has 0 amide bonds. The van der Waals surface area contributed by atoms with Gasteiger partial charge in [0.15, 0.2) is 5.78 Å². The second-order valence-corrected chi connectivity index (χ2v) is 4.09. The maximum absolute atomic E-state index is 11.7. The zero-order valence-electron chi connectivity index (χ0n) is 8.74. The molecule has 0 saturated heterocycles. The number of aryl methyl sites for hydroxylation is 1. The summed E-state index contributed by atoms with van der Waals surface area (Å²) in [6.07, 6.45) is 4.76. The van der Waals surface area contributed by atoms with Crippen LogP contribution in [0.5, 0.6) is 0 Å². The van der Waals surface area contributed by atoms with Gasteiger partial charge in [0, 0.05) is 29.4 Å². The van der Waals surface area contributed by atoms with Crippen molar-refractivity contribution in [2.45, 2.75) is 12.8 Å². The molecule has 1 N–H and O–H groups in total. The molecule has 16 heavy (non-hydrogen) atoms. The Morgan fingerprint density at radius 2 is 1.94 bits per heavy atom. The first-order valence-corrected chi connectivity index (χ1v) is 5.54. The summed E-state index contributed by atoms with van der Waals surface area (Å²) >= 11 is 5.78. The van der Waals surface area contributed by atoms with Crippen LogP contribution in [0.3, 0.4) is 0 Å². The quantitative estimate of drug-likeness (QED) is 0.806. The van der Waals surface area contributed by atoms with Gasteiger partial charge < -0.3 is 4.98 Å². The third-order valence-electron chi connectivity index (χ3n) is 2.47. The summed E-state index contributed by atoms with van der Waals surface area (Å²) in [4.78, 5) is 14.6. The summed E-state index contributed by atoms with van der Waals surface area (Å²) in [5.41, 5.74) is 1.88. The number of carbonyl (C=O) groups excluding carboxylic acids is 1. The minimum Gasteiger partial charge on any atom is -0.367 e. The summed E-state index contributed by atoms with van der Waals surface area (Å²) in [6, 6.07) is 9.39. The Labute approximate surface area is 99.3 Å². The zero-order valence-corrected chi connectivity index (χ0v) is 9.50. The van der Waals surface area contributed by atoms with Crippen molar-refractivity contribution in [2.24, 2.45) is 0 Å². The van der Waals surface area contributed by atoms with Gasteiger partial charge >= 0.3 is 0 Å². The minimum absolute atomic E-state index is 0.163. The lowest BCUT2D eigenvalue weighted by atomic mass is 10.1.